The third kappa shape index (κ3) is 4.33. The Bertz CT molecular complexity index is 366. The summed E-state index contributed by atoms with van der Waals surface area (Å²) in [6.45, 7) is 6.37. The van der Waals surface area contributed by atoms with E-state index in [2.05, 4.69) is 39.0 Å². The van der Waals surface area contributed by atoms with Crippen LogP contribution >= 0.6 is 0 Å². The third-order valence-electron chi connectivity index (χ3n) is 3.12. The predicted molar refractivity (Wildman–Crippen MR) is 73.6 cm³/mol. The van der Waals surface area contributed by atoms with Crippen LogP contribution in [0.4, 0.5) is 0 Å². The number of carbonyl (C=O) groups excluding carboxylic acids is 1. The number of hydrogen-bond donors (Lipinski definition) is 0. The third-order valence-corrected chi connectivity index (χ3v) is 3.12. The van der Waals surface area contributed by atoms with E-state index in [1.165, 1.54) is 17.5 Å². The summed E-state index contributed by atoms with van der Waals surface area (Å²) in [4.78, 5) is 12.1. The molecule has 1 aromatic rings. The smallest absolute Gasteiger partial charge is 0.163 e. The van der Waals surface area contributed by atoms with Crippen molar-refractivity contribution < 1.29 is 4.79 Å². The normalized spacial score (nSPS) is 10.5. The SMILES string of the molecule is CCCCC(=O)c1cc(C)ccc1CCCC. The molecule has 1 nitrogen and oxygen atoms in total. The van der Waals surface area contributed by atoms with Crippen molar-refractivity contribution in [3.8, 4) is 0 Å². The molecule has 0 fully saturated rings. The molecule has 0 bridgehead atoms. The topological polar surface area (TPSA) is 17.1 Å². The zero-order valence-corrected chi connectivity index (χ0v) is 11.4. The van der Waals surface area contributed by atoms with Crippen LogP contribution in [0, 0.1) is 6.92 Å². The molecule has 0 radical (unpaired) electrons. The second-order valence-electron chi connectivity index (χ2n) is 4.79. The molecule has 0 spiro atoms. The Hall–Kier alpha value is -1.11. The van der Waals surface area contributed by atoms with Crippen molar-refractivity contribution in [2.24, 2.45) is 0 Å². The highest BCUT2D eigenvalue weighted by atomic mass is 16.1. The quantitative estimate of drug-likeness (QED) is 0.622. The highest BCUT2D eigenvalue weighted by molar-refractivity contribution is 5.97. The van der Waals surface area contributed by atoms with Crippen molar-refractivity contribution in [3.05, 3.63) is 34.9 Å². The molecule has 1 aromatic carbocycles. The Balaban J connectivity index is 2.85. The summed E-state index contributed by atoms with van der Waals surface area (Å²) in [6, 6.07) is 6.30. The van der Waals surface area contributed by atoms with Gasteiger partial charge in [-0.05, 0) is 37.8 Å². The van der Waals surface area contributed by atoms with Crippen molar-refractivity contribution in [2.45, 2.75) is 59.3 Å². The standard InChI is InChI=1S/C16H24O/c1-4-6-8-14-11-10-13(3)12-15(14)16(17)9-7-5-2/h10-12H,4-9H2,1-3H3. The largest absolute Gasteiger partial charge is 0.294 e. The summed E-state index contributed by atoms with van der Waals surface area (Å²) >= 11 is 0. The van der Waals surface area contributed by atoms with Crippen LogP contribution in [0.5, 0.6) is 0 Å². The summed E-state index contributed by atoms with van der Waals surface area (Å²) in [5.41, 5.74) is 3.38. The molecule has 1 rings (SSSR count). The van der Waals surface area contributed by atoms with Crippen LogP contribution in [-0.4, -0.2) is 5.78 Å². The average Bonchev–Trinajstić information content (AvgIpc) is 2.34. The van der Waals surface area contributed by atoms with E-state index in [0.29, 0.717) is 12.2 Å². The Morgan fingerprint density at radius 1 is 1.12 bits per heavy atom. The van der Waals surface area contributed by atoms with Crippen LogP contribution in [-0.2, 0) is 6.42 Å². The Labute approximate surface area is 105 Å². The number of Topliss-reactive ketones (excluding diaryl/α,β-unsaturated/α-hetero) is 1. The maximum Gasteiger partial charge on any atom is 0.163 e. The minimum absolute atomic E-state index is 0.321. The number of aryl methyl sites for hydroxylation is 2. The van der Waals surface area contributed by atoms with E-state index in [1.54, 1.807) is 0 Å². The molecular weight excluding hydrogens is 208 g/mol. The molecule has 0 unspecified atom stereocenters. The molecule has 0 saturated carbocycles. The summed E-state index contributed by atoms with van der Waals surface area (Å²) in [5.74, 6) is 0.321. The molecule has 0 N–H and O–H groups in total. The molecule has 94 valence electrons. The molecule has 17 heavy (non-hydrogen) atoms. The molecule has 1 heteroatoms. The van der Waals surface area contributed by atoms with Gasteiger partial charge < -0.3 is 0 Å². The van der Waals surface area contributed by atoms with Crippen LogP contribution < -0.4 is 0 Å². The van der Waals surface area contributed by atoms with Crippen molar-refractivity contribution >= 4 is 5.78 Å². The van der Waals surface area contributed by atoms with E-state index in [4.69, 9.17) is 0 Å². The van der Waals surface area contributed by atoms with Gasteiger partial charge in [0, 0.05) is 12.0 Å². The van der Waals surface area contributed by atoms with Crippen molar-refractivity contribution in [2.75, 3.05) is 0 Å². The van der Waals surface area contributed by atoms with Gasteiger partial charge in [-0.2, -0.15) is 0 Å². The zero-order chi connectivity index (χ0) is 12.7. The minimum atomic E-state index is 0.321. The molecule has 0 aliphatic heterocycles. The molecule has 0 amide bonds. The van der Waals surface area contributed by atoms with Gasteiger partial charge in [0.25, 0.3) is 0 Å². The summed E-state index contributed by atoms with van der Waals surface area (Å²) < 4.78 is 0. The first kappa shape index (κ1) is 14.0. The number of unbranched alkanes of at least 4 members (excludes halogenated alkanes) is 2. The van der Waals surface area contributed by atoms with Gasteiger partial charge in [-0.15, -0.1) is 0 Å². The maximum absolute atomic E-state index is 12.1. The van der Waals surface area contributed by atoms with Gasteiger partial charge in [0.1, 0.15) is 0 Å². The van der Waals surface area contributed by atoms with Crippen LogP contribution in [0.25, 0.3) is 0 Å². The maximum atomic E-state index is 12.1. The fraction of sp³-hybridized carbons (Fsp3) is 0.562. The Kier molecular flexibility index (Phi) is 5.96. The predicted octanol–water partition coefficient (Wildman–Crippen LogP) is 4.71. The van der Waals surface area contributed by atoms with Crippen molar-refractivity contribution in [1.82, 2.24) is 0 Å². The molecular formula is C16H24O. The highest BCUT2D eigenvalue weighted by Crippen LogP contribution is 2.17. The van der Waals surface area contributed by atoms with Gasteiger partial charge in [-0.25, -0.2) is 0 Å². The lowest BCUT2D eigenvalue weighted by molar-refractivity contribution is 0.0978. The first-order chi connectivity index (χ1) is 8.19. The number of carbonyl (C=O) groups is 1. The number of benzene rings is 1. The van der Waals surface area contributed by atoms with Crippen molar-refractivity contribution in [1.29, 1.82) is 0 Å². The van der Waals surface area contributed by atoms with E-state index >= 15 is 0 Å². The van der Waals surface area contributed by atoms with Crippen LogP contribution in [0.1, 0.15) is 67.4 Å². The van der Waals surface area contributed by atoms with Gasteiger partial charge in [-0.1, -0.05) is 44.4 Å². The molecule has 0 aromatic heterocycles. The molecule has 0 aliphatic carbocycles. The zero-order valence-electron chi connectivity index (χ0n) is 11.4. The van der Waals surface area contributed by atoms with E-state index in [9.17, 15) is 4.79 Å². The van der Waals surface area contributed by atoms with Crippen LogP contribution in [0.15, 0.2) is 18.2 Å². The first-order valence-corrected chi connectivity index (χ1v) is 6.81. The van der Waals surface area contributed by atoms with Gasteiger partial charge in [-0.3, -0.25) is 4.79 Å². The monoisotopic (exact) mass is 232 g/mol. The molecule has 0 atom stereocenters. The van der Waals surface area contributed by atoms with Crippen LogP contribution in [0.3, 0.4) is 0 Å². The van der Waals surface area contributed by atoms with E-state index in [0.717, 1.165) is 31.2 Å². The van der Waals surface area contributed by atoms with Gasteiger partial charge in [0.15, 0.2) is 5.78 Å². The second-order valence-corrected chi connectivity index (χ2v) is 4.79. The summed E-state index contributed by atoms with van der Waals surface area (Å²) in [7, 11) is 0. The van der Waals surface area contributed by atoms with E-state index in [1.807, 2.05) is 0 Å². The van der Waals surface area contributed by atoms with Gasteiger partial charge >= 0.3 is 0 Å². The molecule has 0 heterocycles. The minimum Gasteiger partial charge on any atom is -0.294 e. The van der Waals surface area contributed by atoms with E-state index < -0.39 is 0 Å². The average molecular weight is 232 g/mol. The Morgan fingerprint density at radius 2 is 1.82 bits per heavy atom. The van der Waals surface area contributed by atoms with Gasteiger partial charge in [0.2, 0.25) is 0 Å². The molecule has 0 saturated heterocycles. The highest BCUT2D eigenvalue weighted by Gasteiger charge is 2.10. The number of hydrogen-bond acceptors (Lipinski definition) is 1. The first-order valence-electron chi connectivity index (χ1n) is 6.81. The fourth-order valence-electron chi connectivity index (χ4n) is 2.01. The van der Waals surface area contributed by atoms with Crippen LogP contribution in [0.2, 0.25) is 0 Å². The number of rotatable bonds is 7. The Morgan fingerprint density at radius 3 is 2.47 bits per heavy atom. The lowest BCUT2D eigenvalue weighted by Gasteiger charge is -2.09. The van der Waals surface area contributed by atoms with E-state index in [-0.39, 0.29) is 0 Å². The molecule has 0 aliphatic rings. The second kappa shape index (κ2) is 7.26. The lowest BCUT2D eigenvalue weighted by Crippen LogP contribution is -2.04. The number of ketones is 1. The van der Waals surface area contributed by atoms with Crippen molar-refractivity contribution in [3.63, 3.8) is 0 Å². The fourth-order valence-corrected chi connectivity index (χ4v) is 2.01. The lowest BCUT2D eigenvalue weighted by atomic mass is 9.95. The van der Waals surface area contributed by atoms with Gasteiger partial charge in [0.05, 0.1) is 0 Å². The summed E-state index contributed by atoms with van der Waals surface area (Å²) in [5, 5.41) is 0. The summed E-state index contributed by atoms with van der Waals surface area (Å²) in [6.07, 6.45) is 6.15.